The smallest absolute Gasteiger partial charge is 0.223 e. The van der Waals surface area contributed by atoms with Crippen LogP contribution in [-0.4, -0.2) is 78.3 Å². The fourth-order valence-corrected chi connectivity index (χ4v) is 6.79. The highest BCUT2D eigenvalue weighted by molar-refractivity contribution is 7.91. The predicted octanol–water partition coefficient (Wildman–Crippen LogP) is 2.59. The van der Waals surface area contributed by atoms with Gasteiger partial charge in [-0.05, 0) is 44.4 Å². The Morgan fingerprint density at radius 1 is 1.21 bits per heavy atom. The quantitative estimate of drug-likeness (QED) is 0.619. The summed E-state index contributed by atoms with van der Waals surface area (Å²) < 4.78 is 23.5. The third kappa shape index (κ3) is 6.18. The molecular formula is C25H34N4O3S. The van der Waals surface area contributed by atoms with Crippen LogP contribution in [0.15, 0.2) is 36.5 Å². The lowest BCUT2D eigenvalue weighted by atomic mass is 9.90. The Balaban J connectivity index is 1.39. The van der Waals surface area contributed by atoms with Gasteiger partial charge in [-0.15, -0.1) is 0 Å². The molecule has 2 aliphatic rings. The first-order chi connectivity index (χ1) is 15.8. The second-order valence-corrected chi connectivity index (χ2v) is 11.7. The van der Waals surface area contributed by atoms with Gasteiger partial charge in [-0.25, -0.2) is 18.4 Å². The Labute approximate surface area is 197 Å². The van der Waals surface area contributed by atoms with Crippen LogP contribution in [0.3, 0.4) is 0 Å². The van der Waals surface area contributed by atoms with Crippen LogP contribution in [0, 0.1) is 6.92 Å². The normalized spacial score (nSPS) is 22.6. The largest absolute Gasteiger partial charge is 0.342 e. The average Bonchev–Trinajstić information content (AvgIpc) is 3.19. The minimum absolute atomic E-state index is 0.0291. The van der Waals surface area contributed by atoms with E-state index in [0.29, 0.717) is 25.9 Å². The zero-order valence-electron chi connectivity index (χ0n) is 19.6. The highest BCUT2D eigenvalue weighted by Crippen LogP contribution is 2.29. The van der Waals surface area contributed by atoms with Crippen molar-refractivity contribution in [3.63, 3.8) is 0 Å². The highest BCUT2D eigenvalue weighted by atomic mass is 32.2. The first-order valence-corrected chi connectivity index (χ1v) is 13.7. The fourth-order valence-electron chi connectivity index (χ4n) is 4.98. The molecule has 0 bridgehead atoms. The molecule has 7 nitrogen and oxygen atoms in total. The van der Waals surface area contributed by atoms with Gasteiger partial charge in [-0.3, -0.25) is 4.79 Å². The summed E-state index contributed by atoms with van der Waals surface area (Å²) in [5.41, 5.74) is 3.43. The molecule has 0 spiro atoms. The Hall–Kier alpha value is -2.32. The predicted molar refractivity (Wildman–Crippen MR) is 129 cm³/mol. The van der Waals surface area contributed by atoms with Gasteiger partial charge in [-0.1, -0.05) is 30.3 Å². The van der Waals surface area contributed by atoms with E-state index in [9.17, 15) is 13.2 Å². The first kappa shape index (κ1) is 23.8. The zero-order valence-corrected chi connectivity index (χ0v) is 20.4. The third-order valence-electron chi connectivity index (χ3n) is 6.93. The summed E-state index contributed by atoms with van der Waals surface area (Å²) in [6.45, 7) is 3.96. The van der Waals surface area contributed by atoms with Crippen LogP contribution in [0.1, 0.15) is 54.2 Å². The molecule has 2 fully saturated rings. The van der Waals surface area contributed by atoms with Crippen molar-refractivity contribution in [1.29, 1.82) is 0 Å². The van der Waals surface area contributed by atoms with Crippen LogP contribution >= 0.6 is 0 Å². The second-order valence-electron chi connectivity index (χ2n) is 9.46. The number of aromatic nitrogens is 2. The van der Waals surface area contributed by atoms with Crippen molar-refractivity contribution in [2.45, 2.75) is 51.0 Å². The SMILES string of the molecule is Cc1ncc(Cc2ccccc2)c(C2CCCN(C(=O)CCN(C)C3CCS(=O)(=O)C3)C2)n1. The number of hydrogen-bond acceptors (Lipinski definition) is 6. The number of amides is 1. The number of aryl methyl sites for hydroxylation is 1. The van der Waals surface area contributed by atoms with Crippen molar-refractivity contribution < 1.29 is 13.2 Å². The molecule has 0 aliphatic carbocycles. The van der Waals surface area contributed by atoms with Gasteiger partial charge in [0.15, 0.2) is 9.84 Å². The molecule has 33 heavy (non-hydrogen) atoms. The van der Waals surface area contributed by atoms with E-state index in [-0.39, 0.29) is 29.4 Å². The van der Waals surface area contributed by atoms with Crippen molar-refractivity contribution >= 4 is 15.7 Å². The van der Waals surface area contributed by atoms with Gasteiger partial charge in [0.05, 0.1) is 17.2 Å². The second kappa shape index (κ2) is 10.3. The maximum absolute atomic E-state index is 13.0. The molecule has 0 N–H and O–H groups in total. The van der Waals surface area contributed by atoms with Gasteiger partial charge >= 0.3 is 0 Å². The molecule has 178 valence electrons. The lowest BCUT2D eigenvalue weighted by Crippen LogP contribution is -2.42. The molecule has 4 rings (SSSR count). The molecule has 8 heteroatoms. The number of sulfone groups is 1. The summed E-state index contributed by atoms with van der Waals surface area (Å²) in [6.07, 6.45) is 5.78. The van der Waals surface area contributed by atoms with E-state index in [4.69, 9.17) is 4.98 Å². The molecule has 1 aromatic heterocycles. The summed E-state index contributed by atoms with van der Waals surface area (Å²) in [6, 6.07) is 10.4. The maximum atomic E-state index is 13.0. The molecule has 2 aliphatic heterocycles. The van der Waals surface area contributed by atoms with E-state index in [0.717, 1.165) is 42.9 Å². The van der Waals surface area contributed by atoms with Gasteiger partial charge in [0, 0.05) is 50.6 Å². The van der Waals surface area contributed by atoms with Crippen molar-refractivity contribution in [2.75, 3.05) is 38.2 Å². The Morgan fingerprint density at radius 2 is 2.00 bits per heavy atom. The molecule has 2 unspecified atom stereocenters. The summed E-state index contributed by atoms with van der Waals surface area (Å²) in [7, 11) is -0.989. The maximum Gasteiger partial charge on any atom is 0.223 e. The van der Waals surface area contributed by atoms with E-state index in [2.05, 4.69) is 17.1 Å². The van der Waals surface area contributed by atoms with Gasteiger partial charge in [0.1, 0.15) is 5.82 Å². The van der Waals surface area contributed by atoms with Crippen LogP contribution in [-0.2, 0) is 21.1 Å². The van der Waals surface area contributed by atoms with Gasteiger partial charge in [0.2, 0.25) is 5.91 Å². The zero-order chi connectivity index (χ0) is 23.4. The fraction of sp³-hybridized carbons (Fsp3) is 0.560. The van der Waals surface area contributed by atoms with Crippen molar-refractivity contribution in [2.24, 2.45) is 0 Å². The van der Waals surface area contributed by atoms with E-state index >= 15 is 0 Å². The number of nitrogens with zero attached hydrogens (tertiary/aromatic N) is 4. The van der Waals surface area contributed by atoms with E-state index in [1.807, 2.05) is 48.2 Å². The molecule has 2 saturated heterocycles. The molecule has 0 radical (unpaired) electrons. The van der Waals surface area contributed by atoms with Gasteiger partial charge in [-0.2, -0.15) is 0 Å². The molecule has 1 amide bonds. The van der Waals surface area contributed by atoms with Crippen LogP contribution in [0.4, 0.5) is 0 Å². The standard InChI is InChI=1S/C25H34N4O3S/c1-19-26-16-22(15-20-7-4-3-5-8-20)25(27-19)21-9-6-12-29(17-21)24(30)10-13-28(2)23-11-14-33(31,32)18-23/h3-5,7-8,16,21,23H,6,9-15,17-18H2,1-2H3. The summed E-state index contributed by atoms with van der Waals surface area (Å²) >= 11 is 0. The van der Waals surface area contributed by atoms with Crippen LogP contribution in [0.5, 0.6) is 0 Å². The van der Waals surface area contributed by atoms with Crippen molar-refractivity contribution in [3.05, 3.63) is 59.2 Å². The van der Waals surface area contributed by atoms with E-state index < -0.39 is 9.84 Å². The van der Waals surface area contributed by atoms with Crippen LogP contribution in [0.25, 0.3) is 0 Å². The van der Waals surface area contributed by atoms with Crippen LogP contribution in [0.2, 0.25) is 0 Å². The van der Waals surface area contributed by atoms with E-state index in [1.165, 1.54) is 5.56 Å². The monoisotopic (exact) mass is 470 g/mol. The Kier molecular flexibility index (Phi) is 7.44. The minimum Gasteiger partial charge on any atom is -0.342 e. The number of likely N-dealkylation sites (tertiary alicyclic amines) is 1. The molecule has 3 heterocycles. The third-order valence-corrected chi connectivity index (χ3v) is 8.68. The number of benzene rings is 1. The van der Waals surface area contributed by atoms with Crippen molar-refractivity contribution in [3.8, 4) is 0 Å². The molecular weight excluding hydrogens is 436 g/mol. The van der Waals surface area contributed by atoms with Gasteiger partial charge in [0.25, 0.3) is 0 Å². The number of carbonyl (C=O) groups excluding carboxylic acids is 1. The van der Waals surface area contributed by atoms with E-state index in [1.54, 1.807) is 0 Å². The van der Waals surface area contributed by atoms with Gasteiger partial charge < -0.3 is 9.80 Å². The first-order valence-electron chi connectivity index (χ1n) is 11.9. The Morgan fingerprint density at radius 3 is 2.73 bits per heavy atom. The molecule has 1 aromatic carbocycles. The number of hydrogen-bond donors (Lipinski definition) is 0. The number of rotatable bonds is 7. The molecule has 2 atom stereocenters. The summed E-state index contributed by atoms with van der Waals surface area (Å²) in [5.74, 6) is 1.58. The molecule has 2 aromatic rings. The minimum atomic E-state index is -2.92. The highest BCUT2D eigenvalue weighted by Gasteiger charge is 2.32. The summed E-state index contributed by atoms with van der Waals surface area (Å²) in [4.78, 5) is 26.3. The number of carbonyl (C=O) groups is 1. The molecule has 0 saturated carbocycles. The number of piperidine rings is 1. The lowest BCUT2D eigenvalue weighted by molar-refractivity contribution is -0.132. The van der Waals surface area contributed by atoms with Crippen molar-refractivity contribution in [1.82, 2.24) is 19.8 Å². The lowest BCUT2D eigenvalue weighted by Gasteiger charge is -2.34. The summed E-state index contributed by atoms with van der Waals surface area (Å²) in [5, 5.41) is 0. The average molecular weight is 471 g/mol. The topological polar surface area (TPSA) is 83.5 Å². The Bertz CT molecular complexity index is 1070. The van der Waals surface area contributed by atoms with Crippen LogP contribution < -0.4 is 0 Å².